The third kappa shape index (κ3) is 6.09. The first-order chi connectivity index (χ1) is 14.9. The molecule has 0 saturated carbocycles. The molecule has 2 heterocycles. The van der Waals surface area contributed by atoms with Crippen LogP contribution in [0, 0.1) is 6.92 Å². The van der Waals surface area contributed by atoms with Gasteiger partial charge in [-0.3, -0.25) is 0 Å². The molecular weight excluding hydrogens is 416 g/mol. The number of aromatic nitrogens is 4. The molecule has 31 heavy (non-hydrogen) atoms. The molecule has 166 valence electrons. The van der Waals surface area contributed by atoms with E-state index in [9.17, 15) is 8.42 Å². The maximum atomic E-state index is 12.4. The molecule has 10 heteroatoms. The molecule has 9 nitrogen and oxygen atoms in total. The predicted octanol–water partition coefficient (Wildman–Crippen LogP) is 3.19. The van der Waals surface area contributed by atoms with E-state index in [1.807, 2.05) is 26.8 Å². The first-order valence-corrected chi connectivity index (χ1v) is 11.7. The van der Waals surface area contributed by atoms with Gasteiger partial charge in [-0.15, -0.1) is 0 Å². The van der Waals surface area contributed by atoms with E-state index in [0.717, 1.165) is 35.7 Å². The van der Waals surface area contributed by atoms with Crippen LogP contribution in [0.1, 0.15) is 31.8 Å². The van der Waals surface area contributed by atoms with E-state index in [2.05, 4.69) is 30.0 Å². The zero-order valence-corrected chi connectivity index (χ0v) is 18.8. The van der Waals surface area contributed by atoms with Crippen molar-refractivity contribution in [3.05, 3.63) is 48.0 Å². The Balaban J connectivity index is 1.67. The van der Waals surface area contributed by atoms with Crippen LogP contribution in [0.2, 0.25) is 0 Å². The normalized spacial score (nSPS) is 11.6. The van der Waals surface area contributed by atoms with Crippen LogP contribution in [-0.4, -0.2) is 48.1 Å². The second kappa shape index (κ2) is 10.5. The van der Waals surface area contributed by atoms with Crippen molar-refractivity contribution >= 4 is 21.7 Å². The van der Waals surface area contributed by atoms with Gasteiger partial charge >= 0.3 is 0 Å². The van der Waals surface area contributed by atoms with Crippen LogP contribution in [0.3, 0.4) is 0 Å². The molecule has 0 spiro atoms. The van der Waals surface area contributed by atoms with Crippen molar-refractivity contribution in [2.24, 2.45) is 0 Å². The third-order valence-electron chi connectivity index (χ3n) is 4.45. The van der Waals surface area contributed by atoms with E-state index in [0.29, 0.717) is 24.8 Å². The Kier molecular flexibility index (Phi) is 7.72. The van der Waals surface area contributed by atoms with Gasteiger partial charge in [0.15, 0.2) is 0 Å². The van der Waals surface area contributed by atoms with Gasteiger partial charge in [-0.05, 0) is 50.1 Å². The number of hydrogen-bond donors (Lipinski definition) is 3. The Hall–Kier alpha value is -2.82. The van der Waals surface area contributed by atoms with Crippen LogP contribution in [0.4, 0.5) is 11.6 Å². The summed E-state index contributed by atoms with van der Waals surface area (Å²) in [6, 6.07) is 8.25. The summed E-state index contributed by atoms with van der Waals surface area (Å²) < 4.78 is 32.6. The van der Waals surface area contributed by atoms with Crippen LogP contribution in [0.15, 0.2) is 41.4 Å². The fourth-order valence-corrected chi connectivity index (χ4v) is 4.00. The Morgan fingerprint density at radius 1 is 1.06 bits per heavy atom. The highest BCUT2D eigenvalue weighted by Gasteiger charge is 2.14. The molecule has 0 fully saturated rings. The number of anilines is 2. The second-order valence-electron chi connectivity index (χ2n) is 6.92. The van der Waals surface area contributed by atoms with Crippen LogP contribution < -0.4 is 10.0 Å². The lowest BCUT2D eigenvalue weighted by molar-refractivity contribution is 0.140. The Bertz CT molecular complexity index is 1100. The van der Waals surface area contributed by atoms with Gasteiger partial charge in [0.1, 0.15) is 5.82 Å². The summed E-state index contributed by atoms with van der Waals surface area (Å²) in [6.07, 6.45) is 3.36. The summed E-state index contributed by atoms with van der Waals surface area (Å²) in [5.74, 6) is 1.25. The molecule has 1 aromatic carbocycles. The molecule has 2 aromatic heterocycles. The molecule has 0 radical (unpaired) electrons. The van der Waals surface area contributed by atoms with E-state index in [1.165, 1.54) is 12.1 Å². The monoisotopic (exact) mass is 444 g/mol. The molecule has 0 atom stereocenters. The summed E-state index contributed by atoms with van der Waals surface area (Å²) >= 11 is 0. The summed E-state index contributed by atoms with van der Waals surface area (Å²) in [4.78, 5) is 16.7. The number of aryl methyl sites for hydroxylation is 2. The average molecular weight is 445 g/mol. The quantitative estimate of drug-likeness (QED) is 0.388. The highest BCUT2D eigenvalue weighted by molar-refractivity contribution is 7.89. The number of rotatable bonds is 11. The number of nitrogens with one attached hydrogen (secondary N) is 3. The minimum atomic E-state index is -3.59. The van der Waals surface area contributed by atoms with Gasteiger partial charge in [0, 0.05) is 25.0 Å². The molecule has 3 rings (SSSR count). The summed E-state index contributed by atoms with van der Waals surface area (Å²) in [7, 11) is -3.59. The molecular formula is C21H28N6O3S. The van der Waals surface area contributed by atoms with E-state index in [-0.39, 0.29) is 11.4 Å². The molecule has 0 saturated heterocycles. The molecule has 0 unspecified atom stereocenters. The van der Waals surface area contributed by atoms with E-state index < -0.39 is 10.0 Å². The van der Waals surface area contributed by atoms with Crippen LogP contribution >= 0.6 is 0 Å². The lowest BCUT2D eigenvalue weighted by Crippen LogP contribution is -2.27. The first-order valence-electron chi connectivity index (χ1n) is 10.3. The average Bonchev–Trinajstić information content (AvgIpc) is 3.15. The maximum absolute atomic E-state index is 12.4. The Labute approximate surface area is 182 Å². The zero-order chi connectivity index (χ0) is 22.3. The predicted molar refractivity (Wildman–Crippen MR) is 120 cm³/mol. The maximum Gasteiger partial charge on any atom is 0.240 e. The largest absolute Gasteiger partial charge is 0.380 e. The number of sulfonamides is 1. The van der Waals surface area contributed by atoms with Crippen LogP contribution in [-0.2, 0) is 21.2 Å². The van der Waals surface area contributed by atoms with Crippen molar-refractivity contribution in [1.82, 2.24) is 24.7 Å². The molecule has 0 aliphatic rings. The lowest BCUT2D eigenvalue weighted by Gasteiger charge is -2.09. The smallest absolute Gasteiger partial charge is 0.240 e. The Morgan fingerprint density at radius 2 is 1.84 bits per heavy atom. The van der Waals surface area contributed by atoms with Gasteiger partial charge in [-0.2, -0.15) is 0 Å². The van der Waals surface area contributed by atoms with Crippen molar-refractivity contribution in [3.8, 4) is 11.4 Å². The summed E-state index contributed by atoms with van der Waals surface area (Å²) in [5, 5.41) is 3.11. The molecule has 0 amide bonds. The lowest BCUT2D eigenvalue weighted by atomic mass is 10.2. The van der Waals surface area contributed by atoms with Gasteiger partial charge in [0.05, 0.1) is 28.6 Å². The highest BCUT2D eigenvalue weighted by atomic mass is 32.2. The van der Waals surface area contributed by atoms with Crippen LogP contribution in [0.5, 0.6) is 0 Å². The standard InChI is InChI=1S/C21H28N6O3S/c1-4-13-30-14-12-23-31(28,29)17-8-6-16(7-9-17)26-21-22-11-10-19(27-21)20-18(5-2)24-15(3)25-20/h6-11,23H,4-5,12-14H2,1-3H3,(H,24,25)(H,22,26,27). The number of H-pyrrole nitrogens is 1. The first kappa shape index (κ1) is 22.9. The molecule has 3 aromatic rings. The molecule has 0 bridgehead atoms. The van der Waals surface area contributed by atoms with Gasteiger partial charge in [-0.1, -0.05) is 13.8 Å². The fourth-order valence-electron chi connectivity index (χ4n) is 2.99. The number of benzene rings is 1. The van der Waals surface area contributed by atoms with Crippen LogP contribution in [0.25, 0.3) is 11.4 Å². The van der Waals surface area contributed by atoms with Gasteiger partial charge < -0.3 is 15.0 Å². The van der Waals surface area contributed by atoms with Crippen molar-refractivity contribution < 1.29 is 13.2 Å². The summed E-state index contributed by atoms with van der Waals surface area (Å²) in [5.41, 5.74) is 3.24. The topological polar surface area (TPSA) is 122 Å². The van der Waals surface area contributed by atoms with E-state index in [1.54, 1.807) is 18.3 Å². The molecule has 3 N–H and O–H groups in total. The number of aromatic amines is 1. The van der Waals surface area contributed by atoms with E-state index in [4.69, 9.17) is 4.74 Å². The zero-order valence-electron chi connectivity index (χ0n) is 18.0. The minimum Gasteiger partial charge on any atom is -0.380 e. The van der Waals surface area contributed by atoms with Gasteiger partial charge in [0.2, 0.25) is 16.0 Å². The van der Waals surface area contributed by atoms with Crippen molar-refractivity contribution in [1.29, 1.82) is 0 Å². The van der Waals surface area contributed by atoms with Crippen molar-refractivity contribution in [3.63, 3.8) is 0 Å². The molecule has 0 aliphatic heterocycles. The second-order valence-corrected chi connectivity index (χ2v) is 8.69. The highest BCUT2D eigenvalue weighted by Crippen LogP contribution is 2.22. The Morgan fingerprint density at radius 3 is 2.55 bits per heavy atom. The number of imidazole rings is 1. The summed E-state index contributed by atoms with van der Waals surface area (Å²) in [6.45, 7) is 7.15. The van der Waals surface area contributed by atoms with Crippen molar-refractivity contribution in [2.45, 2.75) is 38.5 Å². The van der Waals surface area contributed by atoms with Gasteiger partial charge in [-0.25, -0.2) is 28.1 Å². The minimum absolute atomic E-state index is 0.184. The van der Waals surface area contributed by atoms with Crippen molar-refractivity contribution in [2.75, 3.05) is 25.1 Å². The number of nitrogens with zero attached hydrogens (tertiary/aromatic N) is 3. The number of ether oxygens (including phenoxy) is 1. The number of hydrogen-bond acceptors (Lipinski definition) is 7. The fraction of sp³-hybridized carbons (Fsp3) is 0.381. The third-order valence-corrected chi connectivity index (χ3v) is 5.93. The molecule has 0 aliphatic carbocycles. The SMILES string of the molecule is CCCOCCNS(=O)(=O)c1ccc(Nc2nccc(-c3[nH]c(C)nc3CC)n2)cc1. The van der Waals surface area contributed by atoms with Gasteiger partial charge in [0.25, 0.3) is 0 Å². The van der Waals surface area contributed by atoms with E-state index >= 15 is 0 Å².